The Bertz CT molecular complexity index is 688. The second-order valence-electron chi connectivity index (χ2n) is 7.45. The lowest BCUT2D eigenvalue weighted by molar-refractivity contribution is 0.192. The molecule has 4 rings (SSSR count). The molecule has 2 atom stereocenters. The Balaban J connectivity index is 1.95. The molecular formula is C17H27N3O3S. The normalized spacial score (nSPS) is 27.1. The van der Waals surface area contributed by atoms with Crippen molar-refractivity contribution in [2.75, 3.05) is 38.7 Å². The van der Waals surface area contributed by atoms with E-state index in [-0.39, 0.29) is 11.5 Å². The molecule has 3 heterocycles. The molecule has 0 spiro atoms. The van der Waals surface area contributed by atoms with E-state index in [1.54, 1.807) is 11.4 Å². The molecule has 0 aliphatic carbocycles. The Morgan fingerprint density at radius 2 is 1.83 bits per heavy atom. The molecule has 3 fully saturated rings. The number of rotatable bonds is 4. The van der Waals surface area contributed by atoms with Crippen LogP contribution in [-0.2, 0) is 10.2 Å². The summed E-state index contributed by atoms with van der Waals surface area (Å²) in [7, 11) is -0.260. The summed E-state index contributed by atoms with van der Waals surface area (Å²) in [5, 5.41) is 0. The van der Waals surface area contributed by atoms with E-state index in [9.17, 15) is 8.42 Å². The molecule has 24 heavy (non-hydrogen) atoms. The van der Waals surface area contributed by atoms with Gasteiger partial charge in [0.1, 0.15) is 5.75 Å². The van der Waals surface area contributed by atoms with Gasteiger partial charge in [0.2, 0.25) is 0 Å². The smallest absolute Gasteiger partial charge is 0.279 e. The zero-order chi connectivity index (χ0) is 17.5. The maximum Gasteiger partial charge on any atom is 0.279 e. The Hall–Kier alpha value is -1.31. The lowest BCUT2D eigenvalue weighted by Gasteiger charge is -2.48. The van der Waals surface area contributed by atoms with Crippen molar-refractivity contribution < 1.29 is 13.2 Å². The van der Waals surface area contributed by atoms with E-state index in [1.165, 1.54) is 7.05 Å². The van der Waals surface area contributed by atoms with Gasteiger partial charge in [0, 0.05) is 38.4 Å². The molecule has 0 radical (unpaired) electrons. The van der Waals surface area contributed by atoms with E-state index < -0.39 is 10.2 Å². The first kappa shape index (κ1) is 17.5. The molecule has 3 saturated heterocycles. The summed E-state index contributed by atoms with van der Waals surface area (Å²) >= 11 is 0. The first-order valence-corrected chi connectivity index (χ1v) is 9.80. The maximum atomic E-state index is 12.3. The lowest BCUT2D eigenvalue weighted by Crippen LogP contribution is -2.54. The molecule has 1 aromatic carbocycles. The van der Waals surface area contributed by atoms with Gasteiger partial charge in [-0.2, -0.15) is 12.7 Å². The average Bonchev–Trinajstić information content (AvgIpc) is 2.82. The molecule has 1 aromatic rings. The summed E-state index contributed by atoms with van der Waals surface area (Å²) < 4.78 is 34.0. The van der Waals surface area contributed by atoms with E-state index in [1.807, 2.05) is 12.1 Å². The van der Waals surface area contributed by atoms with Gasteiger partial charge in [-0.1, -0.05) is 13.8 Å². The number of nitrogens with one attached hydrogen (secondary N) is 1. The SMILES string of the molecule is CNS(=O)(=O)N1CC2CN(c3ccc(OC)cc3)[C@H](C1)C(C)(C)C2. The molecule has 1 unspecified atom stereocenters. The molecule has 2 bridgehead atoms. The summed E-state index contributed by atoms with van der Waals surface area (Å²) in [5.41, 5.74) is 1.18. The van der Waals surface area contributed by atoms with Gasteiger partial charge in [0.25, 0.3) is 10.2 Å². The van der Waals surface area contributed by atoms with E-state index in [0.717, 1.165) is 24.4 Å². The van der Waals surface area contributed by atoms with Crippen LogP contribution in [0.25, 0.3) is 0 Å². The monoisotopic (exact) mass is 353 g/mol. The molecule has 3 aliphatic rings. The number of methoxy groups -OCH3 is 1. The number of nitrogens with zero attached hydrogens (tertiary/aromatic N) is 2. The fourth-order valence-electron chi connectivity index (χ4n) is 4.18. The quantitative estimate of drug-likeness (QED) is 0.895. The van der Waals surface area contributed by atoms with Crippen LogP contribution in [0, 0.1) is 11.3 Å². The largest absolute Gasteiger partial charge is 0.497 e. The van der Waals surface area contributed by atoms with E-state index in [0.29, 0.717) is 19.0 Å². The first-order valence-electron chi connectivity index (χ1n) is 8.36. The summed E-state index contributed by atoms with van der Waals surface area (Å²) in [6.45, 7) is 6.47. The molecule has 134 valence electrons. The van der Waals surface area contributed by atoms with Gasteiger partial charge >= 0.3 is 0 Å². The van der Waals surface area contributed by atoms with Gasteiger partial charge in [0.05, 0.1) is 7.11 Å². The third kappa shape index (κ3) is 3.12. The highest BCUT2D eigenvalue weighted by Gasteiger charge is 2.47. The predicted octanol–water partition coefficient (Wildman–Crippen LogP) is 1.70. The lowest BCUT2D eigenvalue weighted by atomic mass is 9.73. The average molecular weight is 353 g/mol. The van der Waals surface area contributed by atoms with Crippen molar-refractivity contribution in [3.05, 3.63) is 24.3 Å². The number of fused-ring (bicyclic) bond motifs is 4. The van der Waals surface area contributed by atoms with Crippen molar-refractivity contribution in [1.29, 1.82) is 0 Å². The highest BCUT2D eigenvalue weighted by atomic mass is 32.2. The van der Waals surface area contributed by atoms with Gasteiger partial charge < -0.3 is 9.64 Å². The standard InChI is InChI=1S/C17H27N3O3S/c1-17(2)9-13-10-19(24(21,22)18-3)12-16(17)20(11-13)14-5-7-15(23-4)8-6-14/h5-8,13,16,18H,9-12H2,1-4H3/t13?,16-/m1/s1. The van der Waals surface area contributed by atoms with Crippen molar-refractivity contribution >= 4 is 15.9 Å². The minimum Gasteiger partial charge on any atom is -0.497 e. The van der Waals surface area contributed by atoms with E-state index in [4.69, 9.17) is 4.74 Å². The number of benzene rings is 1. The topological polar surface area (TPSA) is 61.9 Å². The Morgan fingerprint density at radius 3 is 2.42 bits per heavy atom. The summed E-state index contributed by atoms with van der Waals surface area (Å²) in [5.74, 6) is 1.15. The van der Waals surface area contributed by atoms with Crippen LogP contribution in [0.1, 0.15) is 20.3 Å². The van der Waals surface area contributed by atoms with Crippen LogP contribution in [0.15, 0.2) is 24.3 Å². The number of anilines is 1. The van der Waals surface area contributed by atoms with Crippen LogP contribution in [0.2, 0.25) is 0 Å². The number of hydrogen-bond donors (Lipinski definition) is 1. The van der Waals surface area contributed by atoms with Crippen molar-refractivity contribution in [2.24, 2.45) is 11.3 Å². The molecule has 7 heteroatoms. The third-order valence-corrected chi connectivity index (χ3v) is 6.88. The number of hydrogen-bond acceptors (Lipinski definition) is 4. The highest BCUT2D eigenvalue weighted by Crippen LogP contribution is 2.43. The fourth-order valence-corrected chi connectivity index (χ4v) is 5.18. The minimum absolute atomic E-state index is 0.0564. The molecule has 0 aromatic heterocycles. The fraction of sp³-hybridized carbons (Fsp3) is 0.647. The van der Waals surface area contributed by atoms with Gasteiger partial charge in [-0.15, -0.1) is 0 Å². The van der Waals surface area contributed by atoms with Crippen LogP contribution in [0.5, 0.6) is 5.75 Å². The second kappa shape index (κ2) is 6.20. The van der Waals surface area contributed by atoms with Crippen molar-refractivity contribution in [2.45, 2.75) is 26.3 Å². The second-order valence-corrected chi connectivity index (χ2v) is 9.33. The molecular weight excluding hydrogens is 326 g/mol. The van der Waals surface area contributed by atoms with Gasteiger partial charge in [-0.25, -0.2) is 4.72 Å². The number of piperidine rings is 1. The van der Waals surface area contributed by atoms with Crippen LogP contribution in [-0.4, -0.2) is 52.6 Å². The zero-order valence-corrected chi connectivity index (χ0v) is 15.6. The Kier molecular flexibility index (Phi) is 4.53. The van der Waals surface area contributed by atoms with Crippen molar-refractivity contribution in [3.63, 3.8) is 0 Å². The van der Waals surface area contributed by atoms with Crippen LogP contribution in [0.3, 0.4) is 0 Å². The van der Waals surface area contributed by atoms with Gasteiger partial charge in [0.15, 0.2) is 0 Å². The molecule has 6 nitrogen and oxygen atoms in total. The number of ether oxygens (including phenoxy) is 1. The minimum atomic E-state index is -3.40. The predicted molar refractivity (Wildman–Crippen MR) is 95.6 cm³/mol. The third-order valence-electron chi connectivity index (χ3n) is 5.39. The Morgan fingerprint density at radius 1 is 1.17 bits per heavy atom. The van der Waals surface area contributed by atoms with E-state index in [2.05, 4.69) is 35.6 Å². The van der Waals surface area contributed by atoms with Crippen molar-refractivity contribution in [1.82, 2.24) is 9.03 Å². The van der Waals surface area contributed by atoms with Gasteiger partial charge in [-0.3, -0.25) is 0 Å². The summed E-state index contributed by atoms with van der Waals surface area (Å²) in [6, 6.07) is 8.19. The molecule has 0 amide bonds. The van der Waals surface area contributed by atoms with Crippen molar-refractivity contribution in [3.8, 4) is 5.75 Å². The molecule has 0 saturated carbocycles. The summed E-state index contributed by atoms with van der Waals surface area (Å²) in [4.78, 5) is 2.37. The molecule has 3 aliphatic heterocycles. The van der Waals surface area contributed by atoms with E-state index >= 15 is 0 Å². The summed E-state index contributed by atoms with van der Waals surface area (Å²) in [6.07, 6.45) is 1.04. The maximum absolute atomic E-state index is 12.3. The highest BCUT2D eigenvalue weighted by molar-refractivity contribution is 7.87. The van der Waals surface area contributed by atoms with Gasteiger partial charge in [-0.05, 0) is 42.0 Å². The zero-order valence-electron chi connectivity index (χ0n) is 14.8. The van der Waals surface area contributed by atoms with Crippen LogP contribution < -0.4 is 14.4 Å². The first-order chi connectivity index (χ1) is 11.3. The van der Waals surface area contributed by atoms with Crippen LogP contribution >= 0.6 is 0 Å². The molecule has 1 N–H and O–H groups in total. The van der Waals surface area contributed by atoms with Crippen LogP contribution in [0.4, 0.5) is 5.69 Å². The Labute approximate surface area is 145 Å².